The third-order valence-electron chi connectivity index (χ3n) is 10.9. The maximum atomic E-state index is 13.4. The number of carbonyl (C=O) groups excluding carboxylic acids is 5. The van der Waals surface area contributed by atoms with Gasteiger partial charge in [0.2, 0.25) is 5.91 Å². The fraction of sp³-hybridized carbons (Fsp3) is 0.744. The number of carboxylic acids is 1. The number of alkyl halides is 9. The van der Waals surface area contributed by atoms with Crippen LogP contribution in [0.1, 0.15) is 90.7 Å². The van der Waals surface area contributed by atoms with Crippen molar-refractivity contribution in [3.05, 3.63) is 32.6 Å². The number of carboxylic acid groups (broad SMARTS) is 1. The highest BCUT2D eigenvalue weighted by molar-refractivity contribution is 6.74. The summed E-state index contributed by atoms with van der Waals surface area (Å²) < 4.78 is 136. The number of H-pyrrole nitrogens is 1. The number of aromatic amines is 1. The summed E-state index contributed by atoms with van der Waals surface area (Å²) in [6.45, 7) is 7.24. The number of rotatable bonds is 24. The first kappa shape index (κ1) is 58.1. The number of nitrogens with one attached hydrogen (secondary N) is 3. The minimum absolute atomic E-state index is 0.116. The molecule has 28 heteroatoms. The van der Waals surface area contributed by atoms with E-state index in [9.17, 15) is 77.9 Å². The van der Waals surface area contributed by atoms with Gasteiger partial charge >= 0.3 is 53.9 Å². The zero-order valence-electron chi connectivity index (χ0n) is 37.7. The largest absolute Gasteiger partial charge is 0.481 e. The van der Waals surface area contributed by atoms with Gasteiger partial charge in [0, 0.05) is 58.4 Å². The lowest BCUT2D eigenvalue weighted by Gasteiger charge is -2.40. The van der Waals surface area contributed by atoms with Crippen LogP contribution in [0.25, 0.3) is 0 Å². The Balaban J connectivity index is 2.12. The molecule has 1 aromatic rings. The summed E-state index contributed by atoms with van der Waals surface area (Å²) in [5, 5.41) is 12.5. The number of ether oxygens (including phenoxy) is 2. The summed E-state index contributed by atoms with van der Waals surface area (Å²) in [6, 6.07) is 0. The van der Waals surface area contributed by atoms with Crippen LogP contribution < -0.4 is 21.9 Å². The van der Waals surface area contributed by atoms with Gasteiger partial charge in [-0.15, -0.1) is 0 Å². The third-order valence-corrected chi connectivity index (χ3v) is 15.4. The van der Waals surface area contributed by atoms with Crippen molar-refractivity contribution in [2.45, 2.75) is 147 Å². The number of aryl methyl sites for hydroxylation is 1. The Hall–Kier alpha value is -4.99. The molecule has 0 spiro atoms. The zero-order chi connectivity index (χ0) is 51.3. The smallest absolute Gasteiger partial charge is 0.471 e. The summed E-state index contributed by atoms with van der Waals surface area (Å²) in [5.74, 6) is -9.81. The predicted octanol–water partition coefficient (Wildman–Crippen LogP) is 4.08. The molecule has 0 aromatic carbocycles. The summed E-state index contributed by atoms with van der Waals surface area (Å²) in [5.41, 5.74) is -1.91. The topological polar surface area (TPSA) is 236 Å². The number of carbonyl (C=O) groups is 6. The van der Waals surface area contributed by atoms with Crippen molar-refractivity contribution in [1.82, 2.24) is 30.0 Å². The van der Waals surface area contributed by atoms with E-state index in [1.54, 1.807) is 6.92 Å². The van der Waals surface area contributed by atoms with E-state index in [0.717, 1.165) is 10.8 Å². The molecule has 382 valence electrons. The van der Waals surface area contributed by atoms with Crippen molar-refractivity contribution < 1.29 is 87.3 Å². The normalized spacial score (nSPS) is 18.0. The van der Waals surface area contributed by atoms with Gasteiger partial charge in [0.05, 0.1) is 24.5 Å². The minimum atomic E-state index is -5.40. The van der Waals surface area contributed by atoms with Gasteiger partial charge in [-0.2, -0.15) is 39.5 Å². The molecule has 4 atom stereocenters. The highest BCUT2D eigenvalue weighted by atomic mass is 28.4. The number of hydrogen-bond donors (Lipinski definition) is 4. The van der Waals surface area contributed by atoms with Gasteiger partial charge in [-0.1, -0.05) is 27.7 Å². The van der Waals surface area contributed by atoms with E-state index < -0.39 is 162 Å². The van der Waals surface area contributed by atoms with Crippen molar-refractivity contribution in [3.8, 4) is 0 Å². The molecule has 4 N–H and O–H groups in total. The highest BCUT2D eigenvalue weighted by Gasteiger charge is 2.53. The van der Waals surface area contributed by atoms with Crippen molar-refractivity contribution in [2.24, 2.45) is 0 Å². The molecule has 67 heavy (non-hydrogen) atoms. The Morgan fingerprint density at radius 3 is 1.75 bits per heavy atom. The van der Waals surface area contributed by atoms with Crippen LogP contribution in [-0.2, 0) is 49.2 Å². The van der Waals surface area contributed by atoms with E-state index in [1.165, 1.54) is 5.32 Å². The van der Waals surface area contributed by atoms with Gasteiger partial charge in [-0.3, -0.25) is 43.1 Å². The van der Waals surface area contributed by atoms with E-state index in [1.807, 2.05) is 33.9 Å². The van der Waals surface area contributed by atoms with Gasteiger partial charge in [-0.05, 0) is 50.2 Å². The van der Waals surface area contributed by atoms with Crippen LogP contribution in [0.3, 0.4) is 0 Å². The van der Waals surface area contributed by atoms with Gasteiger partial charge in [0.25, 0.3) is 5.56 Å². The Bertz CT molecular complexity index is 2000. The van der Waals surface area contributed by atoms with Crippen LogP contribution in [0.15, 0.2) is 15.8 Å². The number of aromatic nitrogens is 2. The Kier molecular flexibility index (Phi) is 21.1. The van der Waals surface area contributed by atoms with E-state index in [2.05, 4.69) is 10.3 Å². The quantitative estimate of drug-likeness (QED) is 0.0497. The van der Waals surface area contributed by atoms with E-state index >= 15 is 0 Å². The van der Waals surface area contributed by atoms with Crippen LogP contribution in [0.2, 0.25) is 18.1 Å². The number of aliphatic carboxylic acids is 1. The van der Waals surface area contributed by atoms with E-state index in [4.69, 9.17) is 19.0 Å². The van der Waals surface area contributed by atoms with Crippen LogP contribution >= 0.6 is 0 Å². The number of esters is 1. The maximum Gasteiger partial charge on any atom is 0.471 e. The molecule has 0 saturated carbocycles. The van der Waals surface area contributed by atoms with Crippen LogP contribution in [0.4, 0.5) is 39.5 Å². The molecule has 2 rings (SSSR count). The Morgan fingerprint density at radius 2 is 1.28 bits per heavy atom. The number of unbranched alkanes of at least 4 members (excludes halogenated alkanes) is 1. The molecule has 1 saturated heterocycles. The summed E-state index contributed by atoms with van der Waals surface area (Å²) in [4.78, 5) is 100. The SMILES string of the molecule is CC[C@H]1O[C@@H](c2cn(CCC(=O)NCCCN(CCCCN(CCCNC(=O)C(F)(F)F)C(=O)C(F)(F)F)C(=O)C(F)(F)F)c(=O)[nH]c2=O)[C@@H](O[Si](C)(C)C(C)(C)C)C1OC(=O)CCC(=O)O. The molecule has 1 aromatic heterocycles. The third kappa shape index (κ3) is 18.2. The van der Waals surface area contributed by atoms with Crippen molar-refractivity contribution in [3.63, 3.8) is 0 Å². The Morgan fingerprint density at radius 1 is 0.776 bits per heavy atom. The molecule has 0 aliphatic carbocycles. The fourth-order valence-corrected chi connectivity index (χ4v) is 7.67. The monoisotopic (exact) mass is 1000 g/mol. The second kappa shape index (κ2) is 24.3. The first-order valence-corrected chi connectivity index (χ1v) is 24.0. The number of hydrogen-bond acceptors (Lipinski definition) is 11. The standard InChI is InChI=1S/C39H57F9N6O12Si/c1-7-24-29(65-27(58)13-12-26(56)57)30(66-67(5,6)36(2,3)4)28(64-24)23-22-54(35(63)51-31(23)59)21-14-25(55)49-15-10-19-52(33(61)38(43,44)45)17-8-9-18-53(34(62)39(46,47)48)20-11-16-50-32(60)37(40,41)42/h22,24,28-30H,7-21H2,1-6H3,(H,49,55)(H,50,60)(H,56,57)(H,51,59,63)/t24-,28+,29?,30-/m1/s1. The molecule has 1 aliphatic rings. The number of halogens is 9. The molecule has 1 fully saturated rings. The molecular formula is C39H57F9N6O12Si. The minimum Gasteiger partial charge on any atom is -0.481 e. The second-order valence-corrected chi connectivity index (χ2v) is 21.8. The fourth-order valence-electron chi connectivity index (χ4n) is 6.38. The Labute approximate surface area is 379 Å². The van der Waals surface area contributed by atoms with Gasteiger partial charge in [0.15, 0.2) is 14.4 Å². The lowest BCUT2D eigenvalue weighted by Crippen LogP contribution is -2.49. The average molecular weight is 1000 g/mol. The molecule has 0 bridgehead atoms. The predicted molar refractivity (Wildman–Crippen MR) is 218 cm³/mol. The number of amides is 4. The zero-order valence-corrected chi connectivity index (χ0v) is 38.7. The first-order valence-electron chi connectivity index (χ1n) is 21.1. The molecule has 0 radical (unpaired) electrons. The molecule has 4 amide bonds. The molecule has 1 unspecified atom stereocenters. The molecule has 18 nitrogen and oxygen atoms in total. The van der Waals surface area contributed by atoms with E-state index in [-0.39, 0.29) is 49.2 Å². The summed E-state index contributed by atoms with van der Waals surface area (Å²) >= 11 is 0. The van der Waals surface area contributed by atoms with E-state index in [0.29, 0.717) is 4.90 Å². The lowest BCUT2D eigenvalue weighted by atomic mass is 10.0. The van der Waals surface area contributed by atoms with Crippen LogP contribution in [0, 0.1) is 0 Å². The van der Waals surface area contributed by atoms with Crippen molar-refractivity contribution >= 4 is 43.9 Å². The van der Waals surface area contributed by atoms with Gasteiger partial charge in [0.1, 0.15) is 12.2 Å². The lowest BCUT2D eigenvalue weighted by molar-refractivity contribution is -0.186. The number of nitrogens with zero attached hydrogens (tertiary/aromatic N) is 3. The molecule has 1 aliphatic heterocycles. The highest BCUT2D eigenvalue weighted by Crippen LogP contribution is 2.44. The second-order valence-electron chi connectivity index (χ2n) is 17.1. The van der Waals surface area contributed by atoms with Gasteiger partial charge < -0.3 is 39.4 Å². The summed E-state index contributed by atoms with van der Waals surface area (Å²) in [6.07, 6.45) is -21.7. The molecule has 2 heterocycles. The van der Waals surface area contributed by atoms with Crippen LogP contribution in [-0.4, -0.2) is 144 Å². The average Bonchev–Trinajstić information content (AvgIpc) is 3.52. The van der Waals surface area contributed by atoms with Crippen molar-refractivity contribution in [2.75, 3.05) is 39.3 Å². The van der Waals surface area contributed by atoms with Crippen molar-refractivity contribution in [1.29, 1.82) is 0 Å². The van der Waals surface area contributed by atoms with Crippen LogP contribution in [0.5, 0.6) is 0 Å². The van der Waals surface area contributed by atoms with Gasteiger partial charge in [-0.25, -0.2) is 4.79 Å². The molecular weight excluding hydrogens is 944 g/mol. The summed E-state index contributed by atoms with van der Waals surface area (Å²) in [7, 11) is -2.72. The maximum absolute atomic E-state index is 13.4. The first-order chi connectivity index (χ1) is 30.7.